The van der Waals surface area contributed by atoms with Crippen LogP contribution in [0.5, 0.6) is 0 Å². The average molecular weight is 203 g/mol. The van der Waals surface area contributed by atoms with Gasteiger partial charge in [0.2, 0.25) is 0 Å². The van der Waals surface area contributed by atoms with Gasteiger partial charge in [0.05, 0.1) is 0 Å². The van der Waals surface area contributed by atoms with Gasteiger partial charge in [0.1, 0.15) is 15.7 Å². The molecule has 0 aliphatic rings. The number of hydrogen-bond acceptors (Lipinski definition) is 1. The van der Waals surface area contributed by atoms with Gasteiger partial charge in [-0.25, -0.2) is 0 Å². The van der Waals surface area contributed by atoms with Crippen molar-refractivity contribution in [2.45, 2.75) is 0 Å². The van der Waals surface area contributed by atoms with Crippen LogP contribution in [-0.2, 0) is 0 Å². The molecule has 2 aromatic carbocycles. The lowest BCUT2D eigenvalue weighted by Crippen LogP contribution is -2.13. The fourth-order valence-electron chi connectivity index (χ4n) is 1.58. The van der Waals surface area contributed by atoms with Crippen molar-refractivity contribution >= 4 is 38.0 Å². The minimum atomic E-state index is 0.764. The lowest BCUT2D eigenvalue weighted by molar-refractivity contribution is 1.21. The summed E-state index contributed by atoms with van der Waals surface area (Å²) in [6.07, 6.45) is 0. The van der Waals surface area contributed by atoms with Gasteiger partial charge in [-0.2, -0.15) is 0 Å². The predicted octanol–water partition coefficient (Wildman–Crippen LogP) is 1.04. The van der Waals surface area contributed by atoms with E-state index in [9.17, 15) is 0 Å². The van der Waals surface area contributed by atoms with Crippen LogP contribution in [0.4, 0.5) is 11.4 Å². The molecule has 2 rings (SSSR count). The van der Waals surface area contributed by atoms with Crippen molar-refractivity contribution in [2.75, 3.05) is 11.9 Å². The van der Waals surface area contributed by atoms with Crippen LogP contribution < -0.4 is 15.8 Å². The molecule has 0 unspecified atom stereocenters. The Bertz CT molecular complexity index is 480. The molecule has 4 radical (unpaired) electrons. The van der Waals surface area contributed by atoms with Gasteiger partial charge in [-0.1, -0.05) is 35.2 Å². The highest BCUT2D eigenvalue weighted by Crippen LogP contribution is 2.20. The summed E-state index contributed by atoms with van der Waals surface area (Å²) >= 11 is 0. The molecule has 0 spiro atoms. The lowest BCUT2D eigenvalue weighted by Gasteiger charge is -2.20. The predicted molar refractivity (Wildman–Crippen MR) is 71.7 cm³/mol. The second-order valence-electron chi connectivity index (χ2n) is 3.75. The maximum absolute atomic E-state index is 5.75. The summed E-state index contributed by atoms with van der Waals surface area (Å²) in [4.78, 5) is 2.07. The number of anilines is 2. The van der Waals surface area contributed by atoms with E-state index in [0.29, 0.717) is 0 Å². The molecule has 3 heteroatoms. The quantitative estimate of drug-likeness (QED) is 0.659. The van der Waals surface area contributed by atoms with Gasteiger partial charge in [-0.05, 0) is 24.3 Å². The number of nitrogens with zero attached hydrogens (tertiary/aromatic N) is 1. The molecule has 0 aliphatic carbocycles. The zero-order chi connectivity index (χ0) is 11.5. The van der Waals surface area contributed by atoms with Gasteiger partial charge in [0.25, 0.3) is 0 Å². The summed E-state index contributed by atoms with van der Waals surface area (Å²) in [5.41, 5.74) is 3.68. The topological polar surface area (TPSA) is 3.24 Å². The molecule has 0 saturated heterocycles. The molecular formula is C13H11B2N. The third kappa shape index (κ3) is 2.30. The lowest BCUT2D eigenvalue weighted by atomic mass is 9.95. The Morgan fingerprint density at radius 1 is 0.812 bits per heavy atom. The summed E-state index contributed by atoms with van der Waals surface area (Å²) in [6.45, 7) is 0. The van der Waals surface area contributed by atoms with Crippen molar-refractivity contribution in [3.05, 3.63) is 48.5 Å². The van der Waals surface area contributed by atoms with E-state index in [1.807, 2.05) is 55.6 Å². The highest BCUT2D eigenvalue weighted by molar-refractivity contribution is 6.32. The molecule has 0 saturated carbocycles. The summed E-state index contributed by atoms with van der Waals surface area (Å²) in [5.74, 6) is 0. The molecule has 0 amide bonds. The largest absolute Gasteiger partial charge is 0.345 e. The average Bonchev–Trinajstić information content (AvgIpc) is 2.29. The number of benzene rings is 2. The highest BCUT2D eigenvalue weighted by Gasteiger charge is 2.02. The zero-order valence-corrected chi connectivity index (χ0v) is 9.22. The molecule has 16 heavy (non-hydrogen) atoms. The number of hydrogen-bond donors (Lipinski definition) is 0. The molecule has 74 valence electrons. The molecule has 0 bridgehead atoms. The van der Waals surface area contributed by atoms with Gasteiger partial charge in [0.15, 0.2) is 0 Å². The summed E-state index contributed by atoms with van der Waals surface area (Å²) in [6, 6.07) is 15.5. The second-order valence-corrected chi connectivity index (χ2v) is 3.75. The van der Waals surface area contributed by atoms with Crippen LogP contribution in [0.3, 0.4) is 0 Å². The monoisotopic (exact) mass is 203 g/mol. The van der Waals surface area contributed by atoms with E-state index >= 15 is 0 Å². The number of rotatable bonds is 2. The van der Waals surface area contributed by atoms with Crippen molar-refractivity contribution in [1.82, 2.24) is 0 Å². The standard InChI is InChI=1S/C13H11B2N/c1-16(12-7-5-10(14)6-8-12)13-4-2-3-11(15)9-13/h2-9H,1H3. The maximum atomic E-state index is 5.75. The van der Waals surface area contributed by atoms with E-state index in [2.05, 4.69) is 4.90 Å². The third-order valence-electron chi connectivity index (χ3n) is 2.54. The first-order valence-electron chi connectivity index (χ1n) is 5.11. The van der Waals surface area contributed by atoms with Gasteiger partial charge >= 0.3 is 0 Å². The third-order valence-corrected chi connectivity index (χ3v) is 2.54. The summed E-state index contributed by atoms with van der Waals surface area (Å²) in [7, 11) is 13.4. The molecule has 0 aliphatic heterocycles. The summed E-state index contributed by atoms with van der Waals surface area (Å²) in [5, 5.41) is 0. The SMILES string of the molecule is [B]c1ccc(N(C)c2cccc([B])c2)cc1. The highest BCUT2D eigenvalue weighted by atomic mass is 15.1. The van der Waals surface area contributed by atoms with Crippen molar-refractivity contribution in [2.24, 2.45) is 0 Å². The molecule has 0 fully saturated rings. The normalized spacial score (nSPS) is 10.1. The van der Waals surface area contributed by atoms with Gasteiger partial charge in [-0.15, -0.1) is 0 Å². The van der Waals surface area contributed by atoms with Crippen LogP contribution in [0.15, 0.2) is 48.5 Å². The van der Waals surface area contributed by atoms with Crippen molar-refractivity contribution < 1.29 is 0 Å². The van der Waals surface area contributed by atoms with Crippen molar-refractivity contribution in [1.29, 1.82) is 0 Å². The molecule has 1 nitrogen and oxygen atoms in total. The van der Waals surface area contributed by atoms with E-state index in [1.165, 1.54) is 0 Å². The second kappa shape index (κ2) is 4.48. The zero-order valence-electron chi connectivity index (χ0n) is 9.22. The van der Waals surface area contributed by atoms with Crippen LogP contribution >= 0.6 is 0 Å². The molecule has 2 aromatic rings. The molecular weight excluding hydrogens is 192 g/mol. The Morgan fingerprint density at radius 3 is 2.12 bits per heavy atom. The van der Waals surface area contributed by atoms with E-state index in [0.717, 1.165) is 22.3 Å². The van der Waals surface area contributed by atoms with E-state index in [1.54, 1.807) is 0 Å². The Kier molecular flexibility index (Phi) is 3.04. The first-order chi connectivity index (χ1) is 7.66. The van der Waals surface area contributed by atoms with Crippen molar-refractivity contribution in [3.8, 4) is 0 Å². The Labute approximate surface area is 98.9 Å². The van der Waals surface area contributed by atoms with Crippen LogP contribution in [0.25, 0.3) is 0 Å². The first kappa shape index (κ1) is 10.9. The van der Waals surface area contributed by atoms with Crippen LogP contribution in [-0.4, -0.2) is 22.7 Å². The van der Waals surface area contributed by atoms with Crippen molar-refractivity contribution in [3.63, 3.8) is 0 Å². The van der Waals surface area contributed by atoms with Gasteiger partial charge < -0.3 is 4.90 Å². The Balaban J connectivity index is 2.31. The minimum Gasteiger partial charge on any atom is -0.345 e. The van der Waals surface area contributed by atoms with E-state index in [4.69, 9.17) is 15.7 Å². The van der Waals surface area contributed by atoms with E-state index < -0.39 is 0 Å². The molecule has 0 atom stereocenters. The maximum Gasteiger partial charge on any atom is 0.113 e. The molecule has 0 N–H and O–H groups in total. The van der Waals surface area contributed by atoms with E-state index in [-0.39, 0.29) is 0 Å². The van der Waals surface area contributed by atoms with Crippen LogP contribution in [0.1, 0.15) is 0 Å². The minimum absolute atomic E-state index is 0.764. The Morgan fingerprint density at radius 2 is 1.50 bits per heavy atom. The fraction of sp³-hybridized carbons (Fsp3) is 0.0769. The smallest absolute Gasteiger partial charge is 0.113 e. The van der Waals surface area contributed by atoms with Crippen LogP contribution in [0, 0.1) is 0 Å². The Hall–Kier alpha value is -1.63. The molecule has 0 heterocycles. The van der Waals surface area contributed by atoms with Crippen LogP contribution in [0.2, 0.25) is 0 Å². The van der Waals surface area contributed by atoms with Gasteiger partial charge in [-0.3, -0.25) is 0 Å². The summed E-state index contributed by atoms with van der Waals surface area (Å²) < 4.78 is 0. The first-order valence-corrected chi connectivity index (χ1v) is 5.11. The fourth-order valence-corrected chi connectivity index (χ4v) is 1.58. The molecule has 0 aromatic heterocycles. The van der Waals surface area contributed by atoms with Gasteiger partial charge in [0, 0.05) is 18.4 Å².